The minimum Gasteiger partial charge on any atom is -0.507 e. The van der Waals surface area contributed by atoms with Crippen molar-refractivity contribution in [1.29, 1.82) is 0 Å². The quantitative estimate of drug-likeness (QED) is 0.673. The van der Waals surface area contributed by atoms with Crippen molar-refractivity contribution in [1.82, 2.24) is 0 Å². The first-order valence-corrected chi connectivity index (χ1v) is 4.13. The third-order valence-corrected chi connectivity index (χ3v) is 2.17. The molecule has 0 aliphatic rings. The summed E-state index contributed by atoms with van der Waals surface area (Å²) in [5, 5.41) is 20.0. The molecule has 0 amide bonds. The number of carbonyl (C=O) groups excluding carboxylic acids is 1. The Balaban J connectivity index is 2.95. The van der Waals surface area contributed by atoms with Crippen LogP contribution in [0.3, 0.4) is 0 Å². The van der Waals surface area contributed by atoms with Gasteiger partial charge >= 0.3 is 0 Å². The van der Waals surface area contributed by atoms with E-state index in [0.717, 1.165) is 0 Å². The van der Waals surface area contributed by atoms with Gasteiger partial charge in [0.1, 0.15) is 11.5 Å². The van der Waals surface area contributed by atoms with Crippen LogP contribution in [0.2, 0.25) is 0 Å². The van der Waals surface area contributed by atoms with Gasteiger partial charge in [0.2, 0.25) is 0 Å². The van der Waals surface area contributed by atoms with E-state index in [1.165, 1.54) is 12.1 Å². The maximum atomic E-state index is 10.7. The third-order valence-electron chi connectivity index (χ3n) is 2.17. The van der Waals surface area contributed by atoms with E-state index in [2.05, 4.69) is 0 Å². The lowest BCUT2D eigenvalue weighted by atomic mass is 10.0. The molecule has 0 aliphatic carbocycles. The summed E-state index contributed by atoms with van der Waals surface area (Å²) in [6, 6.07) is 7.81. The van der Waals surface area contributed by atoms with Crippen LogP contribution in [0.25, 0.3) is 10.8 Å². The molecule has 14 heavy (non-hydrogen) atoms. The van der Waals surface area contributed by atoms with Crippen LogP contribution in [0.5, 0.6) is 11.5 Å². The summed E-state index contributed by atoms with van der Waals surface area (Å²) in [7, 11) is 0. The van der Waals surface area contributed by atoms with E-state index < -0.39 is 0 Å². The van der Waals surface area contributed by atoms with Crippen LogP contribution in [-0.2, 0) is 0 Å². The summed E-state index contributed by atoms with van der Waals surface area (Å²) >= 11 is 0. The molecule has 2 rings (SSSR count). The first-order chi connectivity index (χ1) is 6.74. The largest absolute Gasteiger partial charge is 0.507 e. The number of phenolic OH excluding ortho intramolecular Hbond substituents is 2. The van der Waals surface area contributed by atoms with Crippen LogP contribution in [-0.4, -0.2) is 16.5 Å². The fraction of sp³-hybridized carbons (Fsp3) is 0. The Hall–Kier alpha value is -2.03. The van der Waals surface area contributed by atoms with Crippen LogP contribution < -0.4 is 0 Å². The average Bonchev–Trinajstić information content (AvgIpc) is 2.18. The van der Waals surface area contributed by atoms with Crippen LogP contribution in [0, 0.1) is 0 Å². The maximum Gasteiger partial charge on any atom is 0.154 e. The molecule has 0 saturated heterocycles. The fourth-order valence-corrected chi connectivity index (χ4v) is 1.48. The number of hydrogen-bond acceptors (Lipinski definition) is 3. The summed E-state index contributed by atoms with van der Waals surface area (Å²) in [4.78, 5) is 10.7. The molecule has 3 heteroatoms. The van der Waals surface area contributed by atoms with E-state index in [1.807, 2.05) is 0 Å². The number of benzene rings is 2. The smallest absolute Gasteiger partial charge is 0.154 e. The molecule has 0 heterocycles. The summed E-state index contributed by atoms with van der Waals surface area (Å²) in [6.07, 6.45) is 0.580. The molecular weight excluding hydrogens is 180 g/mol. The average molecular weight is 188 g/mol. The number of aromatic hydroxyl groups is 2. The van der Waals surface area contributed by atoms with Crippen molar-refractivity contribution in [2.75, 3.05) is 0 Å². The van der Waals surface area contributed by atoms with Gasteiger partial charge in [0, 0.05) is 5.39 Å². The van der Waals surface area contributed by atoms with Gasteiger partial charge in [-0.3, -0.25) is 4.79 Å². The highest BCUT2D eigenvalue weighted by Gasteiger charge is 2.07. The molecule has 0 radical (unpaired) electrons. The first-order valence-electron chi connectivity index (χ1n) is 4.13. The van der Waals surface area contributed by atoms with Crippen molar-refractivity contribution in [3.8, 4) is 11.5 Å². The van der Waals surface area contributed by atoms with Gasteiger partial charge in [-0.15, -0.1) is 0 Å². The van der Waals surface area contributed by atoms with Crippen molar-refractivity contribution in [3.63, 3.8) is 0 Å². The Bertz CT molecular complexity index is 503. The number of hydrogen-bond donors (Lipinski definition) is 2. The van der Waals surface area contributed by atoms with E-state index in [9.17, 15) is 15.0 Å². The van der Waals surface area contributed by atoms with Gasteiger partial charge < -0.3 is 10.2 Å². The van der Waals surface area contributed by atoms with Gasteiger partial charge in [-0.2, -0.15) is 0 Å². The molecule has 0 fully saturated rings. The molecule has 0 aliphatic heterocycles. The molecule has 2 aromatic rings. The Morgan fingerprint density at radius 3 is 2.43 bits per heavy atom. The van der Waals surface area contributed by atoms with E-state index in [0.29, 0.717) is 17.1 Å². The van der Waals surface area contributed by atoms with Gasteiger partial charge in [-0.05, 0) is 23.6 Å². The summed E-state index contributed by atoms with van der Waals surface area (Å²) < 4.78 is 0. The second-order valence-corrected chi connectivity index (χ2v) is 2.99. The molecular formula is C11H8O3. The lowest BCUT2D eigenvalue weighted by molar-refractivity contribution is 0.112. The number of rotatable bonds is 1. The van der Waals surface area contributed by atoms with Crippen LogP contribution >= 0.6 is 0 Å². The molecule has 2 aromatic carbocycles. The van der Waals surface area contributed by atoms with Crippen molar-refractivity contribution >= 4 is 17.1 Å². The summed E-state index contributed by atoms with van der Waals surface area (Å²) in [5.41, 5.74) is 0.207. The summed E-state index contributed by atoms with van der Waals surface area (Å²) in [6.45, 7) is 0. The second kappa shape index (κ2) is 3.03. The van der Waals surface area contributed by atoms with Gasteiger partial charge in [0.15, 0.2) is 6.29 Å². The standard InChI is InChI=1S/C11H8O3/c12-6-9-7-2-1-3-10(13)8(7)4-5-11(9)14/h1-6,13-14H. The predicted octanol–water partition coefficient (Wildman–Crippen LogP) is 2.06. The number of phenols is 2. The van der Waals surface area contributed by atoms with Crippen LogP contribution in [0.1, 0.15) is 10.4 Å². The Kier molecular flexibility index (Phi) is 1.85. The molecule has 70 valence electrons. The van der Waals surface area contributed by atoms with Crippen molar-refractivity contribution in [2.45, 2.75) is 0 Å². The van der Waals surface area contributed by atoms with E-state index in [1.54, 1.807) is 18.2 Å². The van der Waals surface area contributed by atoms with Crippen LogP contribution in [0.4, 0.5) is 0 Å². The second-order valence-electron chi connectivity index (χ2n) is 2.99. The monoisotopic (exact) mass is 188 g/mol. The Morgan fingerprint density at radius 1 is 0.929 bits per heavy atom. The normalized spacial score (nSPS) is 10.3. The third kappa shape index (κ3) is 1.10. The Labute approximate surface area is 80.2 Å². The van der Waals surface area contributed by atoms with E-state index >= 15 is 0 Å². The van der Waals surface area contributed by atoms with E-state index in [-0.39, 0.29) is 17.1 Å². The van der Waals surface area contributed by atoms with Gasteiger partial charge in [0.25, 0.3) is 0 Å². The first kappa shape index (κ1) is 8.56. The topological polar surface area (TPSA) is 57.5 Å². The van der Waals surface area contributed by atoms with Gasteiger partial charge in [-0.25, -0.2) is 0 Å². The number of aldehydes is 1. The van der Waals surface area contributed by atoms with Gasteiger partial charge in [0.05, 0.1) is 5.56 Å². The molecule has 2 N–H and O–H groups in total. The highest BCUT2D eigenvalue weighted by Crippen LogP contribution is 2.30. The lowest BCUT2D eigenvalue weighted by Gasteiger charge is -2.04. The number of fused-ring (bicyclic) bond motifs is 1. The molecule has 0 unspecified atom stereocenters. The van der Waals surface area contributed by atoms with Gasteiger partial charge in [-0.1, -0.05) is 12.1 Å². The predicted molar refractivity (Wildman–Crippen MR) is 52.7 cm³/mol. The molecule has 0 atom stereocenters. The molecule has 0 spiro atoms. The summed E-state index contributed by atoms with van der Waals surface area (Å²) in [5.74, 6) is 0.0312. The van der Waals surface area contributed by atoms with E-state index in [4.69, 9.17) is 0 Å². The minimum absolute atomic E-state index is 0.0712. The maximum absolute atomic E-state index is 10.7. The van der Waals surface area contributed by atoms with Crippen molar-refractivity contribution < 1.29 is 15.0 Å². The zero-order valence-electron chi connectivity index (χ0n) is 7.27. The zero-order valence-corrected chi connectivity index (χ0v) is 7.27. The fourth-order valence-electron chi connectivity index (χ4n) is 1.48. The highest BCUT2D eigenvalue weighted by molar-refractivity contribution is 6.02. The SMILES string of the molecule is O=Cc1c(O)ccc2c(O)cccc12. The van der Waals surface area contributed by atoms with Crippen molar-refractivity contribution in [2.24, 2.45) is 0 Å². The molecule has 0 bridgehead atoms. The Morgan fingerprint density at radius 2 is 1.71 bits per heavy atom. The molecule has 3 nitrogen and oxygen atoms in total. The molecule has 0 saturated carbocycles. The zero-order chi connectivity index (χ0) is 10.1. The minimum atomic E-state index is -0.0712. The molecule has 0 aromatic heterocycles. The van der Waals surface area contributed by atoms with Crippen LogP contribution in [0.15, 0.2) is 30.3 Å². The lowest BCUT2D eigenvalue weighted by Crippen LogP contribution is -1.84. The van der Waals surface area contributed by atoms with Crippen molar-refractivity contribution in [3.05, 3.63) is 35.9 Å². The highest BCUT2D eigenvalue weighted by atomic mass is 16.3. The number of carbonyl (C=O) groups is 1.